The second kappa shape index (κ2) is 9.53. The van der Waals surface area contributed by atoms with E-state index in [1.165, 1.54) is 24.5 Å². The summed E-state index contributed by atoms with van der Waals surface area (Å²) < 4.78 is 10.4. The van der Waals surface area contributed by atoms with Gasteiger partial charge in [-0.2, -0.15) is 0 Å². The Bertz CT molecular complexity index is 1080. The molecule has 1 atom stereocenters. The molecule has 0 aliphatic carbocycles. The van der Waals surface area contributed by atoms with E-state index < -0.39 is 22.9 Å². The summed E-state index contributed by atoms with van der Waals surface area (Å²) in [5, 5.41) is 13.5. The summed E-state index contributed by atoms with van der Waals surface area (Å²) in [6.45, 7) is 0. The number of hydrogen-bond donors (Lipinski definition) is 1. The van der Waals surface area contributed by atoms with Gasteiger partial charge in [-0.1, -0.05) is 41.9 Å². The van der Waals surface area contributed by atoms with Gasteiger partial charge in [-0.05, 0) is 30.3 Å². The predicted molar refractivity (Wildman–Crippen MR) is 110 cm³/mol. The summed E-state index contributed by atoms with van der Waals surface area (Å²) in [5.41, 5.74) is 0.210. The van der Waals surface area contributed by atoms with E-state index in [2.05, 4.69) is 5.32 Å². The van der Waals surface area contributed by atoms with E-state index in [4.69, 9.17) is 20.8 Å². The fourth-order valence-electron chi connectivity index (χ4n) is 2.53. The van der Waals surface area contributed by atoms with Crippen LogP contribution in [0, 0.1) is 10.1 Å². The zero-order valence-electron chi connectivity index (χ0n) is 15.4. The Hall–Kier alpha value is -3.91. The van der Waals surface area contributed by atoms with Crippen LogP contribution in [0.2, 0.25) is 5.02 Å². The van der Waals surface area contributed by atoms with Gasteiger partial charge >= 0.3 is 5.97 Å². The Labute approximate surface area is 175 Å². The first-order valence-electron chi connectivity index (χ1n) is 8.66. The maximum Gasteiger partial charge on any atom is 0.332 e. The van der Waals surface area contributed by atoms with Gasteiger partial charge in [-0.25, -0.2) is 4.79 Å². The summed E-state index contributed by atoms with van der Waals surface area (Å²) in [7, 11) is 0. The second-order valence-corrected chi connectivity index (χ2v) is 6.40. The molecular formula is C21H15ClN2O6. The number of nitro groups is 1. The first kappa shape index (κ1) is 20.8. The molecule has 30 heavy (non-hydrogen) atoms. The molecule has 1 aromatic heterocycles. The van der Waals surface area contributed by atoms with Gasteiger partial charge in [-0.3, -0.25) is 14.9 Å². The monoisotopic (exact) mass is 426 g/mol. The highest BCUT2D eigenvalue weighted by Crippen LogP contribution is 2.28. The molecular weight excluding hydrogens is 412 g/mol. The summed E-state index contributed by atoms with van der Waals surface area (Å²) in [5.74, 6) is -1.00. The molecule has 1 amide bonds. The van der Waals surface area contributed by atoms with Crippen molar-refractivity contribution in [1.82, 2.24) is 0 Å². The molecule has 0 saturated carbocycles. The lowest BCUT2D eigenvalue weighted by molar-refractivity contribution is -0.384. The fourth-order valence-corrected chi connectivity index (χ4v) is 2.72. The van der Waals surface area contributed by atoms with Gasteiger partial charge in [0, 0.05) is 23.4 Å². The van der Waals surface area contributed by atoms with Crippen LogP contribution >= 0.6 is 11.6 Å². The van der Waals surface area contributed by atoms with Crippen LogP contribution in [0.4, 0.5) is 11.4 Å². The van der Waals surface area contributed by atoms with E-state index >= 15 is 0 Å². The highest BCUT2D eigenvalue weighted by Gasteiger charge is 2.25. The quantitative estimate of drug-likeness (QED) is 0.252. The minimum absolute atomic E-state index is 0.0629. The van der Waals surface area contributed by atoms with Gasteiger partial charge in [0.25, 0.3) is 11.6 Å². The maximum atomic E-state index is 12.8. The third-order valence-corrected chi connectivity index (χ3v) is 4.23. The molecule has 0 fully saturated rings. The van der Waals surface area contributed by atoms with Crippen LogP contribution in [0.25, 0.3) is 6.08 Å². The fraction of sp³-hybridized carbons (Fsp3) is 0.0476. The smallest absolute Gasteiger partial charge is 0.332 e. The van der Waals surface area contributed by atoms with E-state index in [0.29, 0.717) is 11.3 Å². The van der Waals surface area contributed by atoms with E-state index in [1.807, 2.05) is 0 Å². The zero-order chi connectivity index (χ0) is 21.5. The van der Waals surface area contributed by atoms with Gasteiger partial charge in [0.15, 0.2) is 0 Å². The van der Waals surface area contributed by atoms with Gasteiger partial charge in [0.05, 0.1) is 11.2 Å². The number of nitrogens with one attached hydrogen (secondary N) is 1. The number of carbonyl (C=O) groups is 2. The Balaban J connectivity index is 1.80. The first-order chi connectivity index (χ1) is 14.4. The Morgan fingerprint density at radius 3 is 2.57 bits per heavy atom. The van der Waals surface area contributed by atoms with Crippen LogP contribution in [0.1, 0.15) is 17.4 Å². The molecule has 0 aliphatic heterocycles. The summed E-state index contributed by atoms with van der Waals surface area (Å²) in [6, 6.07) is 15.5. The van der Waals surface area contributed by atoms with E-state index in [-0.39, 0.29) is 16.4 Å². The normalized spacial score (nSPS) is 11.8. The maximum absolute atomic E-state index is 12.8. The van der Waals surface area contributed by atoms with Crippen LogP contribution in [-0.2, 0) is 14.3 Å². The molecule has 1 heterocycles. The van der Waals surface area contributed by atoms with Gasteiger partial charge in [0.2, 0.25) is 6.10 Å². The van der Waals surface area contributed by atoms with Crippen molar-refractivity contribution in [2.24, 2.45) is 0 Å². The summed E-state index contributed by atoms with van der Waals surface area (Å²) >= 11 is 5.79. The Morgan fingerprint density at radius 1 is 1.13 bits per heavy atom. The number of halogens is 1. The van der Waals surface area contributed by atoms with Crippen molar-refractivity contribution >= 4 is 40.9 Å². The first-order valence-corrected chi connectivity index (χ1v) is 9.04. The number of carbonyl (C=O) groups excluding carboxylic acids is 2. The lowest BCUT2D eigenvalue weighted by Crippen LogP contribution is -2.25. The predicted octanol–water partition coefficient (Wildman–Crippen LogP) is 4.78. The molecule has 0 bridgehead atoms. The van der Waals surface area contributed by atoms with Crippen LogP contribution in [-0.4, -0.2) is 16.8 Å². The number of esters is 1. The summed E-state index contributed by atoms with van der Waals surface area (Å²) in [4.78, 5) is 35.4. The number of hydrogen-bond acceptors (Lipinski definition) is 6. The van der Waals surface area contributed by atoms with Crippen molar-refractivity contribution in [1.29, 1.82) is 0 Å². The van der Waals surface area contributed by atoms with E-state index in [1.54, 1.807) is 42.5 Å². The molecule has 152 valence electrons. The molecule has 1 unspecified atom stereocenters. The largest absolute Gasteiger partial charge is 0.465 e. The van der Waals surface area contributed by atoms with E-state index in [0.717, 1.165) is 12.1 Å². The van der Waals surface area contributed by atoms with Gasteiger partial charge in [0.1, 0.15) is 10.8 Å². The van der Waals surface area contributed by atoms with Crippen LogP contribution in [0.15, 0.2) is 77.4 Å². The highest BCUT2D eigenvalue weighted by molar-refractivity contribution is 6.32. The topological polar surface area (TPSA) is 112 Å². The standard InChI is InChI=1S/C21H15ClN2O6/c22-17-10-8-15(13-18(17)24(27)28)23-21(26)20(14-5-2-1-3-6-14)30-19(25)11-9-16-7-4-12-29-16/h1-13,20H,(H,23,26)/b11-9+. The number of benzene rings is 2. The third kappa shape index (κ3) is 5.33. The average Bonchev–Trinajstić information content (AvgIpc) is 3.26. The van der Waals surface area contributed by atoms with Crippen molar-refractivity contribution in [3.63, 3.8) is 0 Å². The van der Waals surface area contributed by atoms with Gasteiger partial charge in [-0.15, -0.1) is 0 Å². The molecule has 2 aromatic carbocycles. The second-order valence-electron chi connectivity index (χ2n) is 5.99. The number of furan rings is 1. The molecule has 3 rings (SSSR count). The SMILES string of the molecule is O=C(/C=C/c1ccco1)OC(C(=O)Nc1ccc(Cl)c([N+](=O)[O-])c1)c1ccccc1. The number of amides is 1. The lowest BCUT2D eigenvalue weighted by atomic mass is 10.1. The van der Waals surface area contributed by atoms with Gasteiger partial charge < -0.3 is 14.5 Å². The zero-order valence-corrected chi connectivity index (χ0v) is 16.1. The van der Waals surface area contributed by atoms with Crippen molar-refractivity contribution < 1.29 is 23.7 Å². The number of nitro benzene ring substituents is 1. The molecule has 0 aliphatic rings. The molecule has 8 nitrogen and oxygen atoms in total. The minimum atomic E-state index is -1.28. The van der Waals surface area contributed by atoms with Crippen molar-refractivity contribution in [3.05, 3.63) is 99.5 Å². The molecule has 0 radical (unpaired) electrons. The van der Waals surface area contributed by atoms with Crippen LogP contribution in [0.5, 0.6) is 0 Å². The van der Waals surface area contributed by atoms with E-state index in [9.17, 15) is 19.7 Å². The van der Waals surface area contributed by atoms with Crippen LogP contribution < -0.4 is 5.32 Å². The molecule has 1 N–H and O–H groups in total. The molecule has 3 aromatic rings. The molecule has 0 saturated heterocycles. The van der Waals surface area contributed by atoms with Crippen molar-refractivity contribution in [2.45, 2.75) is 6.10 Å². The Morgan fingerprint density at radius 2 is 1.90 bits per heavy atom. The number of anilines is 1. The minimum Gasteiger partial charge on any atom is -0.465 e. The molecule has 9 heteroatoms. The number of nitrogens with zero attached hydrogens (tertiary/aromatic N) is 1. The van der Waals surface area contributed by atoms with Crippen molar-refractivity contribution in [3.8, 4) is 0 Å². The van der Waals surface area contributed by atoms with Crippen LogP contribution in [0.3, 0.4) is 0 Å². The number of ether oxygens (including phenoxy) is 1. The highest BCUT2D eigenvalue weighted by atomic mass is 35.5. The number of rotatable bonds is 7. The summed E-state index contributed by atoms with van der Waals surface area (Å²) in [6.07, 6.45) is 2.71. The van der Waals surface area contributed by atoms with Crippen molar-refractivity contribution in [2.75, 3.05) is 5.32 Å². The lowest BCUT2D eigenvalue weighted by Gasteiger charge is -2.17. The third-order valence-electron chi connectivity index (χ3n) is 3.91. The Kier molecular flexibility index (Phi) is 6.61. The molecule has 0 spiro atoms. The average molecular weight is 427 g/mol.